The highest BCUT2D eigenvalue weighted by Crippen LogP contribution is 2.30. The molecule has 0 spiro atoms. The van der Waals surface area contributed by atoms with Crippen LogP contribution in [-0.4, -0.2) is 46.9 Å². The van der Waals surface area contributed by atoms with E-state index >= 15 is 0 Å². The second kappa shape index (κ2) is 10.1. The van der Waals surface area contributed by atoms with Crippen molar-refractivity contribution in [2.45, 2.75) is 18.0 Å². The number of aryl methyl sites for hydroxylation is 1. The Balaban J connectivity index is 0.000000479. The number of alkyl halides is 3. The second-order valence-corrected chi connectivity index (χ2v) is 9.05. The number of carboxylic acids is 1. The van der Waals surface area contributed by atoms with E-state index in [1.807, 2.05) is 0 Å². The van der Waals surface area contributed by atoms with Crippen LogP contribution in [0, 0.1) is 6.92 Å². The summed E-state index contributed by atoms with van der Waals surface area (Å²) in [6, 6.07) is 3.77. The van der Waals surface area contributed by atoms with E-state index < -0.39 is 33.6 Å². The van der Waals surface area contributed by atoms with E-state index in [2.05, 4.69) is 41.3 Å². The molecule has 0 radical (unpaired) electrons. The molecule has 4 N–H and O–H groups in total. The largest absolute Gasteiger partial charge is 0.490 e. The Bertz CT molecular complexity index is 1310. The Morgan fingerprint density at radius 3 is 2.39 bits per heavy atom. The van der Waals surface area contributed by atoms with Crippen LogP contribution in [0.3, 0.4) is 0 Å². The molecule has 0 aliphatic rings. The fourth-order valence-corrected chi connectivity index (χ4v) is 4.56. The summed E-state index contributed by atoms with van der Waals surface area (Å²) >= 11 is 4.10. The standard InChI is InChI=1S/C13H10BrN5O5S2.C2HF3O2/c1-6-10(14)13(24-18-6)19-26(22,23)7-4-5-25-11(7)12(21)15-8-2-3-9(20)17-16-8;3-2(4,5)1(6)7/h2-5,19H,1H3,(H,17,20)(H,15,16,21);(H,6,7). The maximum absolute atomic E-state index is 12.6. The van der Waals surface area contributed by atoms with Gasteiger partial charge in [-0.1, -0.05) is 5.16 Å². The SMILES string of the molecule is Cc1noc(NS(=O)(=O)c2ccsc2C(=O)Nc2ccc(=O)[nH]n2)c1Br.O=C(O)C(F)(F)F. The van der Waals surface area contributed by atoms with Gasteiger partial charge in [0.15, 0.2) is 5.82 Å². The van der Waals surface area contributed by atoms with Gasteiger partial charge in [-0.25, -0.2) is 23.0 Å². The van der Waals surface area contributed by atoms with Crippen LogP contribution in [0.15, 0.2) is 42.3 Å². The lowest BCUT2D eigenvalue weighted by atomic mass is 10.4. The summed E-state index contributed by atoms with van der Waals surface area (Å²) in [5.41, 5.74) is 0.0367. The molecule has 3 aromatic heterocycles. The van der Waals surface area contributed by atoms with Crippen LogP contribution < -0.4 is 15.6 Å². The molecule has 3 aromatic rings. The lowest BCUT2D eigenvalue weighted by Gasteiger charge is -2.07. The second-order valence-electron chi connectivity index (χ2n) is 5.69. The number of anilines is 2. The molecular formula is C15H11BrF3N5O7S2. The number of rotatable bonds is 5. The quantitative estimate of drug-likeness (QED) is 0.356. The topological polar surface area (TPSA) is 184 Å². The molecule has 0 bridgehead atoms. The van der Waals surface area contributed by atoms with Gasteiger partial charge in [-0.15, -0.1) is 11.3 Å². The zero-order valence-electron chi connectivity index (χ0n) is 15.9. The van der Waals surface area contributed by atoms with Crippen molar-refractivity contribution in [3.63, 3.8) is 0 Å². The molecule has 0 saturated carbocycles. The van der Waals surface area contributed by atoms with Gasteiger partial charge < -0.3 is 14.9 Å². The third kappa shape index (κ3) is 6.86. The van der Waals surface area contributed by atoms with Gasteiger partial charge in [-0.3, -0.25) is 9.59 Å². The van der Waals surface area contributed by atoms with Crippen molar-refractivity contribution in [3.8, 4) is 0 Å². The van der Waals surface area contributed by atoms with Crippen molar-refractivity contribution in [2.24, 2.45) is 0 Å². The molecule has 33 heavy (non-hydrogen) atoms. The van der Waals surface area contributed by atoms with Crippen molar-refractivity contribution in [3.05, 3.63) is 49.0 Å². The van der Waals surface area contributed by atoms with Gasteiger partial charge >= 0.3 is 12.1 Å². The summed E-state index contributed by atoms with van der Waals surface area (Å²) in [4.78, 5) is 32.0. The van der Waals surface area contributed by atoms with E-state index in [1.54, 1.807) is 6.92 Å². The minimum atomic E-state index is -5.08. The Hall–Kier alpha value is -3.25. The molecule has 12 nitrogen and oxygen atoms in total. The number of nitrogens with zero attached hydrogens (tertiary/aromatic N) is 2. The first-order chi connectivity index (χ1) is 15.2. The number of nitrogens with one attached hydrogen (secondary N) is 3. The average molecular weight is 574 g/mol. The molecule has 1 amide bonds. The summed E-state index contributed by atoms with van der Waals surface area (Å²) in [5, 5.41) is 20.5. The molecule has 18 heteroatoms. The minimum absolute atomic E-state index is 0.0575. The average Bonchev–Trinajstić information content (AvgIpc) is 3.33. The van der Waals surface area contributed by atoms with Crippen LogP contribution >= 0.6 is 27.3 Å². The van der Waals surface area contributed by atoms with Gasteiger partial charge in [0.25, 0.3) is 27.4 Å². The van der Waals surface area contributed by atoms with Crippen LogP contribution in [0.2, 0.25) is 0 Å². The predicted octanol–water partition coefficient (Wildman–Crippen LogP) is 2.58. The number of aliphatic carboxylic acids is 1. The van der Waals surface area contributed by atoms with Crippen LogP contribution in [0.1, 0.15) is 15.4 Å². The molecule has 3 rings (SSSR count). The zero-order valence-corrected chi connectivity index (χ0v) is 19.1. The molecule has 0 unspecified atom stereocenters. The first-order valence-corrected chi connectivity index (χ1v) is 11.3. The van der Waals surface area contributed by atoms with Crippen molar-refractivity contribution in [1.29, 1.82) is 0 Å². The highest BCUT2D eigenvalue weighted by Gasteiger charge is 2.38. The Labute approximate surface area is 194 Å². The van der Waals surface area contributed by atoms with Gasteiger partial charge in [0.2, 0.25) is 0 Å². The fraction of sp³-hybridized carbons (Fsp3) is 0.133. The van der Waals surface area contributed by atoms with Crippen LogP contribution in [0.5, 0.6) is 0 Å². The van der Waals surface area contributed by atoms with E-state index in [0.29, 0.717) is 10.2 Å². The van der Waals surface area contributed by atoms with Crippen LogP contribution in [0.25, 0.3) is 0 Å². The molecule has 0 atom stereocenters. The summed E-state index contributed by atoms with van der Waals surface area (Å²) < 4.78 is 64.4. The number of aromatic amines is 1. The molecule has 3 heterocycles. The highest BCUT2D eigenvalue weighted by atomic mass is 79.9. The number of sulfonamides is 1. The molecule has 0 saturated heterocycles. The Morgan fingerprint density at radius 1 is 1.27 bits per heavy atom. The summed E-state index contributed by atoms with van der Waals surface area (Å²) in [5.74, 6) is -3.46. The normalized spacial score (nSPS) is 11.3. The number of carboxylic acid groups (broad SMARTS) is 1. The summed E-state index contributed by atoms with van der Waals surface area (Å²) in [7, 11) is -4.10. The van der Waals surface area contributed by atoms with Crippen molar-refractivity contribution >= 4 is 60.9 Å². The number of H-pyrrole nitrogens is 1. The van der Waals surface area contributed by atoms with Gasteiger partial charge in [-0.05, 0) is 40.4 Å². The van der Waals surface area contributed by atoms with Crippen molar-refractivity contribution in [2.75, 3.05) is 10.0 Å². The van der Waals surface area contributed by atoms with E-state index in [9.17, 15) is 31.2 Å². The maximum Gasteiger partial charge on any atom is 0.490 e. The first-order valence-electron chi connectivity index (χ1n) is 8.11. The number of hydrogen-bond donors (Lipinski definition) is 4. The van der Waals surface area contributed by atoms with E-state index in [4.69, 9.17) is 14.4 Å². The predicted molar refractivity (Wildman–Crippen MR) is 111 cm³/mol. The molecule has 0 fully saturated rings. The number of carbonyl (C=O) groups is 2. The van der Waals surface area contributed by atoms with Crippen molar-refractivity contribution < 1.29 is 40.8 Å². The number of carbonyl (C=O) groups excluding carboxylic acids is 1. The van der Waals surface area contributed by atoms with Crippen molar-refractivity contribution in [1.82, 2.24) is 15.4 Å². The van der Waals surface area contributed by atoms with E-state index in [1.165, 1.54) is 23.6 Å². The van der Waals surface area contributed by atoms with Gasteiger partial charge in [0, 0.05) is 6.07 Å². The number of amides is 1. The maximum atomic E-state index is 12.6. The molecule has 0 aromatic carbocycles. The summed E-state index contributed by atoms with van der Waals surface area (Å²) in [6.07, 6.45) is -5.08. The monoisotopic (exact) mass is 573 g/mol. The lowest BCUT2D eigenvalue weighted by Crippen LogP contribution is -2.21. The number of aromatic nitrogens is 3. The van der Waals surface area contributed by atoms with Crippen LogP contribution in [-0.2, 0) is 14.8 Å². The number of thiophene rings is 1. The van der Waals surface area contributed by atoms with Gasteiger partial charge in [-0.2, -0.15) is 18.3 Å². The third-order valence-electron chi connectivity index (χ3n) is 3.31. The molecular weight excluding hydrogens is 563 g/mol. The third-order valence-corrected chi connectivity index (χ3v) is 6.66. The smallest absolute Gasteiger partial charge is 0.475 e. The van der Waals surface area contributed by atoms with E-state index in [-0.39, 0.29) is 21.5 Å². The lowest BCUT2D eigenvalue weighted by molar-refractivity contribution is -0.192. The minimum Gasteiger partial charge on any atom is -0.475 e. The molecule has 0 aliphatic heterocycles. The first kappa shape index (κ1) is 26.0. The van der Waals surface area contributed by atoms with Gasteiger partial charge in [0.1, 0.15) is 14.2 Å². The molecule has 0 aliphatic carbocycles. The van der Waals surface area contributed by atoms with Gasteiger partial charge in [0.05, 0.1) is 5.69 Å². The fourth-order valence-electron chi connectivity index (χ4n) is 1.86. The highest BCUT2D eigenvalue weighted by molar-refractivity contribution is 9.10. The molecule has 178 valence electrons. The van der Waals surface area contributed by atoms with Crippen LogP contribution in [0.4, 0.5) is 24.9 Å². The Kier molecular flexibility index (Phi) is 7.98. The van der Waals surface area contributed by atoms with E-state index in [0.717, 1.165) is 11.3 Å². The number of halogens is 4. The Morgan fingerprint density at radius 2 is 1.91 bits per heavy atom. The summed E-state index contributed by atoms with van der Waals surface area (Å²) in [6.45, 7) is 1.63. The zero-order chi connectivity index (χ0) is 25.0. The number of hydrogen-bond acceptors (Lipinski definition) is 9.